The zero-order chi connectivity index (χ0) is 18.6. The molecular formula is C22H42O3. The number of unbranched alkanes of at least 4 members (excludes halogenated alkanes) is 14. The van der Waals surface area contributed by atoms with Gasteiger partial charge in [-0.15, -0.1) is 0 Å². The van der Waals surface area contributed by atoms with E-state index in [2.05, 4.69) is 6.92 Å². The molecule has 0 saturated carbocycles. The third-order valence-electron chi connectivity index (χ3n) is 4.91. The van der Waals surface area contributed by atoms with Crippen molar-refractivity contribution in [2.45, 2.75) is 129 Å². The molecule has 0 fully saturated rings. The molecule has 1 N–H and O–H groups in total. The van der Waals surface area contributed by atoms with Crippen LogP contribution in [-0.2, 0) is 9.59 Å². The Morgan fingerprint density at radius 1 is 0.520 bits per heavy atom. The summed E-state index contributed by atoms with van der Waals surface area (Å²) >= 11 is 0. The Morgan fingerprint density at radius 3 is 1.20 bits per heavy atom. The van der Waals surface area contributed by atoms with E-state index in [4.69, 9.17) is 5.11 Å². The van der Waals surface area contributed by atoms with E-state index in [-0.39, 0.29) is 0 Å². The number of carbonyl (C=O) groups is 2. The molecule has 0 aromatic rings. The molecule has 0 unspecified atom stereocenters. The van der Waals surface area contributed by atoms with Crippen molar-refractivity contribution < 1.29 is 14.7 Å². The van der Waals surface area contributed by atoms with Crippen LogP contribution in [0.4, 0.5) is 0 Å². The zero-order valence-corrected chi connectivity index (χ0v) is 16.7. The number of carbonyl (C=O) groups excluding carboxylic acids is 1. The van der Waals surface area contributed by atoms with Gasteiger partial charge in [-0.05, 0) is 19.3 Å². The van der Waals surface area contributed by atoms with Gasteiger partial charge < -0.3 is 5.11 Å². The summed E-state index contributed by atoms with van der Waals surface area (Å²) in [6, 6.07) is 0. The highest BCUT2D eigenvalue weighted by Gasteiger charge is 2.01. The lowest BCUT2D eigenvalue weighted by atomic mass is 10.0. The van der Waals surface area contributed by atoms with Crippen molar-refractivity contribution in [1.29, 1.82) is 0 Å². The second kappa shape index (κ2) is 19.5. The molecule has 0 amide bonds. The molecule has 0 radical (unpaired) electrons. The van der Waals surface area contributed by atoms with Gasteiger partial charge in [-0.3, -0.25) is 9.59 Å². The van der Waals surface area contributed by atoms with Gasteiger partial charge in [-0.2, -0.15) is 0 Å². The van der Waals surface area contributed by atoms with Crippen LogP contribution in [0, 0.1) is 0 Å². The van der Waals surface area contributed by atoms with Crippen LogP contribution in [0.1, 0.15) is 129 Å². The highest BCUT2D eigenvalue weighted by atomic mass is 16.4. The summed E-state index contributed by atoms with van der Waals surface area (Å²) in [6.07, 6.45) is 21.3. The largest absolute Gasteiger partial charge is 0.481 e. The molecule has 148 valence electrons. The average molecular weight is 355 g/mol. The van der Waals surface area contributed by atoms with Crippen LogP contribution in [0.3, 0.4) is 0 Å². The minimum Gasteiger partial charge on any atom is -0.481 e. The molecule has 0 saturated heterocycles. The monoisotopic (exact) mass is 354 g/mol. The number of aliphatic carboxylic acids is 1. The number of hydrogen-bond donors (Lipinski definition) is 1. The van der Waals surface area contributed by atoms with E-state index >= 15 is 0 Å². The minimum absolute atomic E-state index is 0.326. The van der Waals surface area contributed by atoms with E-state index in [1.807, 2.05) is 0 Å². The minimum atomic E-state index is -0.668. The second-order valence-electron chi connectivity index (χ2n) is 7.49. The number of rotatable bonds is 20. The van der Waals surface area contributed by atoms with Gasteiger partial charge in [0.15, 0.2) is 0 Å². The fourth-order valence-electron chi connectivity index (χ4n) is 3.24. The molecule has 0 aromatic heterocycles. The van der Waals surface area contributed by atoms with Crippen molar-refractivity contribution in [3.63, 3.8) is 0 Å². The predicted octanol–water partition coefficient (Wildman–Crippen LogP) is 7.07. The first-order valence-corrected chi connectivity index (χ1v) is 10.9. The maximum absolute atomic E-state index is 11.6. The maximum Gasteiger partial charge on any atom is 0.303 e. The topological polar surface area (TPSA) is 54.4 Å². The number of carboxylic acid groups (broad SMARTS) is 1. The molecule has 3 nitrogen and oxygen atoms in total. The fraction of sp³-hybridized carbons (Fsp3) is 0.909. The molecule has 0 atom stereocenters. The summed E-state index contributed by atoms with van der Waals surface area (Å²) in [5, 5.41) is 8.55. The smallest absolute Gasteiger partial charge is 0.303 e. The first-order valence-electron chi connectivity index (χ1n) is 10.9. The molecule has 0 aliphatic carbocycles. The van der Waals surface area contributed by atoms with E-state index < -0.39 is 5.97 Å². The summed E-state index contributed by atoms with van der Waals surface area (Å²) in [7, 11) is 0. The first-order chi connectivity index (χ1) is 12.2. The van der Waals surface area contributed by atoms with Gasteiger partial charge in [0.05, 0.1) is 0 Å². The normalized spacial score (nSPS) is 10.9. The molecule has 0 spiro atoms. The van der Waals surface area contributed by atoms with Crippen molar-refractivity contribution in [1.82, 2.24) is 0 Å². The molecule has 25 heavy (non-hydrogen) atoms. The van der Waals surface area contributed by atoms with Gasteiger partial charge in [0.2, 0.25) is 0 Å². The molecule has 0 aliphatic heterocycles. The van der Waals surface area contributed by atoms with Gasteiger partial charge in [0.1, 0.15) is 5.78 Å². The highest BCUT2D eigenvalue weighted by Crippen LogP contribution is 2.14. The van der Waals surface area contributed by atoms with Crippen molar-refractivity contribution in [3.8, 4) is 0 Å². The van der Waals surface area contributed by atoms with E-state index in [9.17, 15) is 9.59 Å². The summed E-state index contributed by atoms with van der Waals surface area (Å²) < 4.78 is 0. The Morgan fingerprint density at radius 2 is 0.840 bits per heavy atom. The average Bonchev–Trinajstić information content (AvgIpc) is 2.58. The molecule has 3 heteroatoms. The fourth-order valence-corrected chi connectivity index (χ4v) is 3.24. The lowest BCUT2D eigenvalue weighted by Gasteiger charge is -2.03. The van der Waals surface area contributed by atoms with E-state index in [1.54, 1.807) is 0 Å². The number of carboxylic acids is 1. The first kappa shape index (κ1) is 24.1. The van der Waals surface area contributed by atoms with Crippen molar-refractivity contribution in [2.75, 3.05) is 0 Å². The van der Waals surface area contributed by atoms with Gasteiger partial charge in [0, 0.05) is 19.3 Å². The van der Waals surface area contributed by atoms with Gasteiger partial charge in [-0.1, -0.05) is 90.4 Å². The quantitative estimate of drug-likeness (QED) is 0.238. The van der Waals surface area contributed by atoms with Crippen molar-refractivity contribution >= 4 is 11.8 Å². The lowest BCUT2D eigenvalue weighted by molar-refractivity contribution is -0.137. The zero-order valence-electron chi connectivity index (χ0n) is 16.7. The maximum atomic E-state index is 11.6. The van der Waals surface area contributed by atoms with Crippen LogP contribution >= 0.6 is 0 Å². The Labute approximate surface area is 156 Å². The van der Waals surface area contributed by atoms with Crippen LogP contribution in [0.5, 0.6) is 0 Å². The Kier molecular flexibility index (Phi) is 18.8. The SMILES string of the molecule is CCCCCC(=O)CCCCCCCCCCCCCCCC(=O)O. The third-order valence-corrected chi connectivity index (χ3v) is 4.91. The van der Waals surface area contributed by atoms with Crippen LogP contribution in [0.2, 0.25) is 0 Å². The summed E-state index contributed by atoms with van der Waals surface area (Å²) in [4.78, 5) is 22.0. The van der Waals surface area contributed by atoms with Crippen molar-refractivity contribution in [3.05, 3.63) is 0 Å². The van der Waals surface area contributed by atoms with Gasteiger partial charge in [-0.25, -0.2) is 0 Å². The Balaban J connectivity index is 3.09. The van der Waals surface area contributed by atoms with Crippen molar-refractivity contribution in [2.24, 2.45) is 0 Å². The van der Waals surface area contributed by atoms with Gasteiger partial charge in [0.25, 0.3) is 0 Å². The summed E-state index contributed by atoms with van der Waals surface area (Å²) in [6.45, 7) is 2.18. The number of Topliss-reactive ketones (excluding diaryl/α,β-unsaturated/α-hetero) is 1. The molecule has 0 heterocycles. The Bertz CT molecular complexity index is 312. The molecule has 0 rings (SSSR count). The summed E-state index contributed by atoms with van der Waals surface area (Å²) in [5.74, 6) is -0.199. The van der Waals surface area contributed by atoms with E-state index in [0.717, 1.165) is 38.5 Å². The number of ketones is 1. The number of hydrogen-bond acceptors (Lipinski definition) is 2. The Hall–Kier alpha value is -0.860. The standard InChI is InChI=1S/C22H42O3/c1-2-3-15-18-21(23)19-16-13-11-9-7-5-4-6-8-10-12-14-17-20-22(24)25/h2-20H2,1H3,(H,24,25). The molecular weight excluding hydrogens is 312 g/mol. The second-order valence-corrected chi connectivity index (χ2v) is 7.49. The van der Waals surface area contributed by atoms with Crippen LogP contribution < -0.4 is 0 Å². The lowest BCUT2D eigenvalue weighted by Crippen LogP contribution is -1.97. The molecule has 0 bridgehead atoms. The van der Waals surface area contributed by atoms with Gasteiger partial charge >= 0.3 is 5.97 Å². The highest BCUT2D eigenvalue weighted by molar-refractivity contribution is 5.78. The third kappa shape index (κ3) is 21.1. The molecule has 0 aromatic carbocycles. The van der Waals surface area contributed by atoms with E-state index in [1.165, 1.54) is 77.0 Å². The van der Waals surface area contributed by atoms with E-state index in [0.29, 0.717) is 12.2 Å². The van der Waals surface area contributed by atoms with Crippen LogP contribution in [0.25, 0.3) is 0 Å². The predicted molar refractivity (Wildman–Crippen MR) is 106 cm³/mol. The van der Waals surface area contributed by atoms with Crippen LogP contribution in [-0.4, -0.2) is 16.9 Å². The summed E-state index contributed by atoms with van der Waals surface area (Å²) in [5.41, 5.74) is 0. The van der Waals surface area contributed by atoms with Crippen LogP contribution in [0.15, 0.2) is 0 Å². The molecule has 0 aliphatic rings.